The fraction of sp³-hybridized carbons (Fsp3) is 0.0870. The number of rotatable bonds is 7. The van der Waals surface area contributed by atoms with Gasteiger partial charge in [-0.05, 0) is 48.0 Å². The second-order valence-corrected chi connectivity index (χ2v) is 5.93. The number of hydrogen-bond acceptors (Lipinski definition) is 6. The minimum Gasteiger partial charge on any atom is -0.493 e. The summed E-state index contributed by atoms with van der Waals surface area (Å²) in [6.45, 7) is 0. The fourth-order valence-corrected chi connectivity index (χ4v) is 2.62. The van der Waals surface area contributed by atoms with E-state index in [1.807, 2.05) is 0 Å². The Morgan fingerprint density at radius 2 is 1.59 bits per heavy atom. The van der Waals surface area contributed by atoms with Crippen LogP contribution in [0.2, 0.25) is 0 Å². The van der Waals surface area contributed by atoms with E-state index in [0.29, 0.717) is 17.1 Å². The number of para-hydroxylation sites is 1. The number of aromatic nitrogens is 1. The van der Waals surface area contributed by atoms with Gasteiger partial charge in [0.2, 0.25) is 0 Å². The topological polar surface area (TPSA) is 74.7 Å². The lowest BCUT2D eigenvalue weighted by Crippen LogP contribution is -2.11. The monoisotopic (exact) mass is 389 g/mol. The van der Waals surface area contributed by atoms with E-state index in [9.17, 15) is 9.59 Å². The molecule has 2 aromatic carbocycles. The van der Waals surface area contributed by atoms with E-state index >= 15 is 0 Å². The summed E-state index contributed by atoms with van der Waals surface area (Å²) in [5, 5.41) is 0. The maximum Gasteiger partial charge on any atom is 0.343 e. The van der Waals surface area contributed by atoms with Crippen LogP contribution in [0, 0.1) is 0 Å². The number of carbonyl (C=O) groups excluding carboxylic acids is 2. The van der Waals surface area contributed by atoms with Crippen LogP contribution in [0.15, 0.2) is 73.1 Å². The number of esters is 1. The Labute approximate surface area is 168 Å². The van der Waals surface area contributed by atoms with Gasteiger partial charge in [-0.1, -0.05) is 24.3 Å². The summed E-state index contributed by atoms with van der Waals surface area (Å²) in [6.07, 6.45) is 6.07. The molecule has 0 radical (unpaired) electrons. The number of ether oxygens (including phenoxy) is 3. The number of carbonyl (C=O) groups is 2. The molecule has 6 nitrogen and oxygen atoms in total. The number of nitrogens with zero attached hydrogens (tertiary/aromatic N) is 1. The molecule has 3 rings (SSSR count). The van der Waals surface area contributed by atoms with Gasteiger partial charge < -0.3 is 14.2 Å². The molecule has 0 amide bonds. The number of methoxy groups -OCH3 is 2. The van der Waals surface area contributed by atoms with Crippen molar-refractivity contribution >= 4 is 17.8 Å². The van der Waals surface area contributed by atoms with Crippen LogP contribution in [-0.4, -0.2) is 31.0 Å². The number of ketones is 1. The zero-order valence-electron chi connectivity index (χ0n) is 16.0. The van der Waals surface area contributed by atoms with Crippen LogP contribution in [0.5, 0.6) is 17.2 Å². The molecule has 0 saturated heterocycles. The van der Waals surface area contributed by atoms with Gasteiger partial charge in [0.25, 0.3) is 0 Å². The molecule has 1 heterocycles. The summed E-state index contributed by atoms with van der Waals surface area (Å²) in [7, 11) is 3.10. The van der Waals surface area contributed by atoms with E-state index in [1.54, 1.807) is 74.9 Å². The van der Waals surface area contributed by atoms with Gasteiger partial charge in [-0.2, -0.15) is 0 Å². The minimum atomic E-state index is -0.559. The van der Waals surface area contributed by atoms with Gasteiger partial charge in [0.05, 0.1) is 25.3 Å². The summed E-state index contributed by atoms with van der Waals surface area (Å²) in [4.78, 5) is 28.9. The van der Waals surface area contributed by atoms with Gasteiger partial charge in [0, 0.05) is 12.4 Å². The Kier molecular flexibility index (Phi) is 6.37. The van der Waals surface area contributed by atoms with Crippen LogP contribution in [0.25, 0.3) is 6.08 Å². The van der Waals surface area contributed by atoms with Gasteiger partial charge in [-0.3, -0.25) is 9.78 Å². The lowest BCUT2D eigenvalue weighted by molar-refractivity contribution is 0.0733. The van der Waals surface area contributed by atoms with Crippen molar-refractivity contribution in [1.29, 1.82) is 0 Å². The Hall–Kier alpha value is -3.93. The predicted octanol–water partition coefficient (Wildman–Crippen LogP) is 4.21. The highest BCUT2D eigenvalue weighted by molar-refractivity contribution is 6.09. The molecular weight excluding hydrogens is 370 g/mol. The van der Waals surface area contributed by atoms with E-state index in [4.69, 9.17) is 14.2 Å². The zero-order chi connectivity index (χ0) is 20.6. The fourth-order valence-electron chi connectivity index (χ4n) is 2.62. The Balaban J connectivity index is 1.80. The maximum absolute atomic E-state index is 12.7. The molecule has 1 aromatic heterocycles. The van der Waals surface area contributed by atoms with Crippen molar-refractivity contribution in [1.82, 2.24) is 4.98 Å². The first kappa shape index (κ1) is 19.8. The molecule has 0 saturated carbocycles. The van der Waals surface area contributed by atoms with Gasteiger partial charge in [-0.25, -0.2) is 4.79 Å². The van der Waals surface area contributed by atoms with E-state index in [-0.39, 0.29) is 17.1 Å². The van der Waals surface area contributed by atoms with Crippen LogP contribution in [-0.2, 0) is 0 Å². The van der Waals surface area contributed by atoms with Crippen molar-refractivity contribution in [3.8, 4) is 17.2 Å². The highest BCUT2D eigenvalue weighted by Gasteiger charge is 2.14. The van der Waals surface area contributed by atoms with Gasteiger partial charge in [0.1, 0.15) is 5.75 Å². The molecule has 146 valence electrons. The number of allylic oxidation sites excluding steroid dienone is 1. The largest absolute Gasteiger partial charge is 0.493 e. The van der Waals surface area contributed by atoms with E-state index in [2.05, 4.69) is 4.98 Å². The van der Waals surface area contributed by atoms with Crippen LogP contribution in [0.3, 0.4) is 0 Å². The van der Waals surface area contributed by atoms with Crippen LogP contribution in [0.4, 0.5) is 0 Å². The van der Waals surface area contributed by atoms with Gasteiger partial charge in [-0.15, -0.1) is 0 Å². The molecule has 0 fully saturated rings. The minimum absolute atomic E-state index is 0.191. The quantitative estimate of drug-likeness (QED) is 0.261. The third-order valence-electron chi connectivity index (χ3n) is 4.11. The molecule has 0 aliphatic carbocycles. The summed E-state index contributed by atoms with van der Waals surface area (Å²) in [5.41, 5.74) is 1.40. The van der Waals surface area contributed by atoms with Crippen molar-refractivity contribution in [2.75, 3.05) is 14.2 Å². The smallest absolute Gasteiger partial charge is 0.343 e. The van der Waals surface area contributed by atoms with Crippen LogP contribution < -0.4 is 14.2 Å². The van der Waals surface area contributed by atoms with Crippen molar-refractivity contribution in [3.05, 3.63) is 89.8 Å². The van der Waals surface area contributed by atoms with Crippen LogP contribution in [0.1, 0.15) is 26.3 Å². The summed E-state index contributed by atoms with van der Waals surface area (Å²) < 4.78 is 15.9. The Bertz CT molecular complexity index is 1040. The standard InChI is InChI=1S/C23H19NO5/c1-27-21-10-8-16(15-22(21)28-2)7-9-19(25)18-5-3-4-6-20(18)29-23(26)17-11-13-24-14-12-17/h3-15H,1-2H3. The van der Waals surface area contributed by atoms with Gasteiger partial charge in [0.15, 0.2) is 17.3 Å². The summed E-state index contributed by atoms with van der Waals surface area (Å²) in [6, 6.07) is 15.0. The molecule has 0 atom stereocenters. The second-order valence-electron chi connectivity index (χ2n) is 5.93. The van der Waals surface area contributed by atoms with E-state index < -0.39 is 5.97 Å². The number of hydrogen-bond donors (Lipinski definition) is 0. The molecule has 0 N–H and O–H groups in total. The molecular formula is C23H19NO5. The summed E-state index contributed by atoms with van der Waals surface area (Å²) in [5.74, 6) is 0.504. The predicted molar refractivity (Wildman–Crippen MR) is 109 cm³/mol. The Morgan fingerprint density at radius 1 is 0.862 bits per heavy atom. The van der Waals surface area contributed by atoms with Crippen molar-refractivity contribution in [2.45, 2.75) is 0 Å². The molecule has 0 unspecified atom stereocenters. The first-order valence-electron chi connectivity index (χ1n) is 8.78. The lowest BCUT2D eigenvalue weighted by Gasteiger charge is -2.08. The lowest BCUT2D eigenvalue weighted by atomic mass is 10.1. The molecule has 6 heteroatoms. The molecule has 0 aliphatic rings. The molecule has 3 aromatic rings. The highest BCUT2D eigenvalue weighted by atomic mass is 16.5. The average Bonchev–Trinajstić information content (AvgIpc) is 2.78. The summed E-state index contributed by atoms with van der Waals surface area (Å²) >= 11 is 0. The molecule has 0 spiro atoms. The zero-order valence-corrected chi connectivity index (χ0v) is 16.0. The van der Waals surface area contributed by atoms with Crippen molar-refractivity contribution in [3.63, 3.8) is 0 Å². The first-order valence-corrected chi connectivity index (χ1v) is 8.78. The molecule has 29 heavy (non-hydrogen) atoms. The second kappa shape index (κ2) is 9.32. The SMILES string of the molecule is COc1ccc(C=CC(=O)c2ccccc2OC(=O)c2ccncc2)cc1OC. The molecule has 0 bridgehead atoms. The molecule has 0 aliphatic heterocycles. The van der Waals surface area contributed by atoms with E-state index in [0.717, 1.165) is 5.56 Å². The van der Waals surface area contributed by atoms with Crippen molar-refractivity contribution < 1.29 is 23.8 Å². The third-order valence-corrected chi connectivity index (χ3v) is 4.11. The van der Waals surface area contributed by atoms with Gasteiger partial charge >= 0.3 is 5.97 Å². The Morgan fingerprint density at radius 3 is 2.31 bits per heavy atom. The third kappa shape index (κ3) is 4.87. The maximum atomic E-state index is 12.7. The van der Waals surface area contributed by atoms with E-state index in [1.165, 1.54) is 18.5 Å². The van der Waals surface area contributed by atoms with Crippen LogP contribution >= 0.6 is 0 Å². The normalized spacial score (nSPS) is 10.6. The number of pyridine rings is 1. The average molecular weight is 389 g/mol. The first-order chi connectivity index (χ1) is 14.1. The number of benzene rings is 2. The van der Waals surface area contributed by atoms with Crippen molar-refractivity contribution in [2.24, 2.45) is 0 Å². The highest BCUT2D eigenvalue weighted by Crippen LogP contribution is 2.28.